The van der Waals surface area contributed by atoms with Crippen LogP contribution in [0.4, 0.5) is 0 Å². The fraction of sp³-hybridized carbons (Fsp3) is 0.520. The molecule has 0 aliphatic carbocycles. The zero-order valence-corrected chi connectivity index (χ0v) is 19.2. The molecule has 6 heteroatoms. The van der Waals surface area contributed by atoms with Crippen LogP contribution in [-0.2, 0) is 16.5 Å². The van der Waals surface area contributed by atoms with Gasteiger partial charge in [-0.05, 0) is 69.9 Å². The summed E-state index contributed by atoms with van der Waals surface area (Å²) in [7, 11) is 1.80. The predicted molar refractivity (Wildman–Crippen MR) is 124 cm³/mol. The van der Waals surface area contributed by atoms with Crippen LogP contribution in [0.5, 0.6) is 0 Å². The van der Waals surface area contributed by atoms with Crippen molar-refractivity contribution in [3.63, 3.8) is 0 Å². The monoisotopic (exact) mass is 423 g/mol. The Morgan fingerprint density at radius 3 is 2.58 bits per heavy atom. The first-order chi connectivity index (χ1) is 14.8. The highest BCUT2D eigenvalue weighted by molar-refractivity contribution is 5.83. The van der Waals surface area contributed by atoms with E-state index in [1.165, 1.54) is 0 Å². The summed E-state index contributed by atoms with van der Waals surface area (Å²) in [4.78, 5) is 17.2. The number of benzene rings is 1. The molecule has 1 aliphatic rings. The lowest BCUT2D eigenvalue weighted by Gasteiger charge is -2.26. The van der Waals surface area contributed by atoms with E-state index in [0.29, 0.717) is 12.5 Å². The molecular formula is C25H33N3O3. The minimum atomic E-state index is 0.0381. The van der Waals surface area contributed by atoms with Gasteiger partial charge in [-0.3, -0.25) is 4.79 Å². The van der Waals surface area contributed by atoms with Gasteiger partial charge in [0.25, 0.3) is 5.56 Å². The Bertz CT molecular complexity index is 1100. The number of hydrogen-bond acceptors (Lipinski definition) is 4. The summed E-state index contributed by atoms with van der Waals surface area (Å²) in [6.45, 7) is 10.4. The Morgan fingerprint density at radius 1 is 1.16 bits per heavy atom. The SMILES string of the molecule is Cc1cc(-c2ccc3nc(C4CCOCC4)n(C(C)COC(C)C)c3c2)cn(C)c1=O. The molecule has 3 heterocycles. The lowest BCUT2D eigenvalue weighted by atomic mass is 9.99. The van der Waals surface area contributed by atoms with E-state index in [0.717, 1.165) is 59.6 Å². The van der Waals surface area contributed by atoms with E-state index in [1.807, 2.05) is 19.2 Å². The summed E-state index contributed by atoms with van der Waals surface area (Å²) in [5.74, 6) is 1.53. The second kappa shape index (κ2) is 8.97. The molecule has 166 valence electrons. The maximum Gasteiger partial charge on any atom is 0.253 e. The number of imidazole rings is 1. The van der Waals surface area contributed by atoms with Gasteiger partial charge in [-0.15, -0.1) is 0 Å². The first kappa shape index (κ1) is 21.8. The van der Waals surface area contributed by atoms with E-state index in [9.17, 15) is 4.79 Å². The molecule has 2 aromatic heterocycles. The van der Waals surface area contributed by atoms with Crippen LogP contribution in [0.3, 0.4) is 0 Å². The lowest BCUT2D eigenvalue weighted by molar-refractivity contribution is 0.0558. The number of ether oxygens (including phenoxy) is 2. The van der Waals surface area contributed by atoms with Crippen molar-refractivity contribution in [3.05, 3.63) is 52.2 Å². The fourth-order valence-corrected chi connectivity index (χ4v) is 4.44. The van der Waals surface area contributed by atoms with E-state index in [2.05, 4.69) is 43.5 Å². The van der Waals surface area contributed by atoms with Crippen LogP contribution in [0.1, 0.15) is 57.0 Å². The van der Waals surface area contributed by atoms with Crippen molar-refractivity contribution in [2.75, 3.05) is 19.8 Å². The third-order valence-corrected chi connectivity index (χ3v) is 6.11. The zero-order chi connectivity index (χ0) is 22.1. The molecule has 1 aromatic carbocycles. The molecule has 1 unspecified atom stereocenters. The molecule has 6 nitrogen and oxygen atoms in total. The van der Waals surface area contributed by atoms with Crippen LogP contribution in [0.2, 0.25) is 0 Å². The minimum absolute atomic E-state index is 0.0381. The van der Waals surface area contributed by atoms with Gasteiger partial charge in [0.2, 0.25) is 0 Å². The second-order valence-corrected chi connectivity index (χ2v) is 8.99. The number of nitrogens with zero attached hydrogens (tertiary/aromatic N) is 3. The molecule has 1 saturated heterocycles. The molecule has 0 bridgehead atoms. The lowest BCUT2D eigenvalue weighted by Crippen LogP contribution is -2.22. The van der Waals surface area contributed by atoms with Gasteiger partial charge in [0.1, 0.15) is 5.82 Å². The molecule has 3 aromatic rings. The second-order valence-electron chi connectivity index (χ2n) is 8.99. The molecule has 0 radical (unpaired) electrons. The van der Waals surface area contributed by atoms with Gasteiger partial charge in [0, 0.05) is 37.9 Å². The van der Waals surface area contributed by atoms with Crippen molar-refractivity contribution < 1.29 is 9.47 Å². The number of hydrogen-bond donors (Lipinski definition) is 0. The summed E-state index contributed by atoms with van der Waals surface area (Å²) in [6.07, 6.45) is 4.08. The summed E-state index contributed by atoms with van der Waals surface area (Å²) in [5, 5.41) is 0. The Hall–Kier alpha value is -2.44. The zero-order valence-electron chi connectivity index (χ0n) is 19.2. The minimum Gasteiger partial charge on any atom is -0.381 e. The van der Waals surface area contributed by atoms with Gasteiger partial charge in [-0.2, -0.15) is 0 Å². The van der Waals surface area contributed by atoms with E-state index >= 15 is 0 Å². The highest BCUT2D eigenvalue weighted by atomic mass is 16.5. The van der Waals surface area contributed by atoms with E-state index in [4.69, 9.17) is 14.5 Å². The summed E-state index contributed by atoms with van der Waals surface area (Å²) in [6, 6.07) is 8.54. The van der Waals surface area contributed by atoms with Crippen molar-refractivity contribution >= 4 is 11.0 Å². The highest BCUT2D eigenvalue weighted by Gasteiger charge is 2.25. The van der Waals surface area contributed by atoms with Crippen molar-refractivity contribution in [2.45, 2.75) is 58.6 Å². The average molecular weight is 424 g/mol. The number of aromatic nitrogens is 3. The van der Waals surface area contributed by atoms with E-state index in [-0.39, 0.29) is 17.7 Å². The van der Waals surface area contributed by atoms with Crippen LogP contribution in [0.15, 0.2) is 35.3 Å². The third-order valence-electron chi connectivity index (χ3n) is 6.11. The topological polar surface area (TPSA) is 58.3 Å². The van der Waals surface area contributed by atoms with Gasteiger partial charge in [-0.1, -0.05) is 6.07 Å². The van der Waals surface area contributed by atoms with Crippen LogP contribution >= 0.6 is 0 Å². The molecule has 1 atom stereocenters. The number of rotatable bonds is 6. The Morgan fingerprint density at radius 2 is 1.90 bits per heavy atom. The van der Waals surface area contributed by atoms with Gasteiger partial charge >= 0.3 is 0 Å². The smallest absolute Gasteiger partial charge is 0.253 e. The molecule has 0 amide bonds. The molecule has 0 N–H and O–H groups in total. The summed E-state index contributed by atoms with van der Waals surface area (Å²) in [5.41, 5.74) is 5.02. The summed E-state index contributed by atoms with van der Waals surface area (Å²) >= 11 is 0. The molecule has 0 spiro atoms. The molecule has 1 fully saturated rings. The molecule has 31 heavy (non-hydrogen) atoms. The number of pyridine rings is 1. The normalized spacial score (nSPS) is 16.3. The first-order valence-corrected chi connectivity index (χ1v) is 11.2. The van der Waals surface area contributed by atoms with Crippen LogP contribution in [0.25, 0.3) is 22.2 Å². The van der Waals surface area contributed by atoms with Crippen LogP contribution < -0.4 is 5.56 Å². The molecular weight excluding hydrogens is 390 g/mol. The predicted octanol–water partition coefficient (Wildman–Crippen LogP) is 4.59. The number of fused-ring (bicyclic) bond motifs is 1. The Labute approximate surface area is 183 Å². The van der Waals surface area contributed by atoms with Crippen molar-refractivity contribution in [1.82, 2.24) is 14.1 Å². The van der Waals surface area contributed by atoms with Gasteiger partial charge in [0.05, 0.1) is 29.8 Å². The Balaban J connectivity index is 1.83. The fourth-order valence-electron chi connectivity index (χ4n) is 4.44. The standard InChI is InChI=1S/C25H33N3O3/c1-16(2)31-15-18(4)28-23-13-20(21-12-17(3)25(29)27(5)14-21)6-7-22(23)26-24(28)19-8-10-30-11-9-19/h6-7,12-14,16,18-19H,8-11,15H2,1-5H3. The first-order valence-electron chi connectivity index (χ1n) is 11.2. The van der Waals surface area contributed by atoms with Gasteiger partial charge in [0.15, 0.2) is 0 Å². The maximum absolute atomic E-state index is 12.1. The third kappa shape index (κ3) is 4.46. The molecule has 1 aliphatic heterocycles. The van der Waals surface area contributed by atoms with Crippen LogP contribution in [0, 0.1) is 6.92 Å². The quantitative estimate of drug-likeness (QED) is 0.582. The van der Waals surface area contributed by atoms with E-state index in [1.54, 1.807) is 11.6 Å². The van der Waals surface area contributed by atoms with Crippen LogP contribution in [-0.4, -0.2) is 40.0 Å². The van der Waals surface area contributed by atoms with Crippen molar-refractivity contribution in [1.29, 1.82) is 0 Å². The van der Waals surface area contributed by atoms with Crippen molar-refractivity contribution in [2.24, 2.45) is 7.05 Å². The summed E-state index contributed by atoms with van der Waals surface area (Å²) < 4.78 is 15.6. The van der Waals surface area contributed by atoms with Gasteiger partial charge in [-0.25, -0.2) is 4.98 Å². The Kier molecular flexibility index (Phi) is 6.30. The van der Waals surface area contributed by atoms with Crippen molar-refractivity contribution in [3.8, 4) is 11.1 Å². The van der Waals surface area contributed by atoms with E-state index < -0.39 is 0 Å². The molecule has 4 rings (SSSR count). The maximum atomic E-state index is 12.1. The van der Waals surface area contributed by atoms with Gasteiger partial charge < -0.3 is 18.6 Å². The average Bonchev–Trinajstić information content (AvgIpc) is 3.15. The molecule has 0 saturated carbocycles. The largest absolute Gasteiger partial charge is 0.381 e. The number of aryl methyl sites for hydroxylation is 2. The highest BCUT2D eigenvalue weighted by Crippen LogP contribution is 2.34.